The minimum Gasteiger partial charge on any atom is -0.342 e. The summed E-state index contributed by atoms with van der Waals surface area (Å²) in [6.07, 6.45) is 1.71. The molecular formula is C10H10ClFN2. The van der Waals surface area contributed by atoms with E-state index in [2.05, 4.69) is 0 Å². The van der Waals surface area contributed by atoms with E-state index in [1.54, 1.807) is 22.9 Å². The van der Waals surface area contributed by atoms with Crippen LogP contribution in [0.1, 0.15) is 0 Å². The van der Waals surface area contributed by atoms with E-state index in [9.17, 15) is 4.39 Å². The van der Waals surface area contributed by atoms with Gasteiger partial charge in [-0.1, -0.05) is 23.7 Å². The molecule has 4 heteroatoms. The zero-order valence-electron chi connectivity index (χ0n) is 7.50. The number of nitrogens with zero attached hydrogens (tertiary/aromatic N) is 1. The topological polar surface area (TPSA) is 30.9 Å². The second-order valence-corrected chi connectivity index (χ2v) is 3.50. The Morgan fingerprint density at radius 3 is 2.93 bits per heavy atom. The van der Waals surface area contributed by atoms with Crippen molar-refractivity contribution >= 4 is 22.5 Å². The predicted molar refractivity (Wildman–Crippen MR) is 56.0 cm³/mol. The van der Waals surface area contributed by atoms with Crippen molar-refractivity contribution in [2.75, 3.05) is 6.54 Å². The quantitative estimate of drug-likeness (QED) is 0.814. The summed E-state index contributed by atoms with van der Waals surface area (Å²) < 4.78 is 15.2. The normalized spacial score (nSPS) is 11.1. The highest BCUT2D eigenvalue weighted by molar-refractivity contribution is 6.35. The van der Waals surface area contributed by atoms with Gasteiger partial charge in [0.05, 0.1) is 10.5 Å². The van der Waals surface area contributed by atoms with Crippen molar-refractivity contribution < 1.29 is 4.39 Å². The molecule has 0 fully saturated rings. The van der Waals surface area contributed by atoms with Crippen LogP contribution < -0.4 is 5.73 Å². The van der Waals surface area contributed by atoms with Crippen LogP contribution in [0.15, 0.2) is 24.4 Å². The molecular weight excluding hydrogens is 203 g/mol. The fourth-order valence-corrected chi connectivity index (χ4v) is 1.86. The van der Waals surface area contributed by atoms with E-state index in [4.69, 9.17) is 17.3 Å². The summed E-state index contributed by atoms with van der Waals surface area (Å²) in [5.74, 6) is -0.261. The molecule has 0 aliphatic carbocycles. The molecule has 0 amide bonds. The average Bonchev–Trinajstić information content (AvgIpc) is 2.46. The second kappa shape index (κ2) is 3.59. The van der Waals surface area contributed by atoms with E-state index in [1.807, 2.05) is 0 Å². The Labute approximate surface area is 86.1 Å². The number of aromatic nitrogens is 1. The molecule has 0 atom stereocenters. The monoisotopic (exact) mass is 212 g/mol. The first-order chi connectivity index (χ1) is 6.74. The number of hydrogen-bond donors (Lipinski definition) is 1. The summed E-state index contributed by atoms with van der Waals surface area (Å²) in [6.45, 7) is 1.04. The van der Waals surface area contributed by atoms with Crippen LogP contribution in [0.5, 0.6) is 0 Å². The van der Waals surface area contributed by atoms with Crippen LogP contribution in [0.2, 0.25) is 5.02 Å². The fraction of sp³-hybridized carbons (Fsp3) is 0.200. The van der Waals surface area contributed by atoms with Crippen molar-refractivity contribution in [1.29, 1.82) is 0 Å². The molecule has 0 unspecified atom stereocenters. The van der Waals surface area contributed by atoms with Gasteiger partial charge in [0.15, 0.2) is 0 Å². The molecule has 0 spiro atoms. The molecule has 1 aromatic heterocycles. The Morgan fingerprint density at radius 1 is 1.43 bits per heavy atom. The van der Waals surface area contributed by atoms with Crippen molar-refractivity contribution in [2.24, 2.45) is 5.73 Å². The molecule has 0 radical (unpaired) electrons. The van der Waals surface area contributed by atoms with E-state index in [0.29, 0.717) is 23.6 Å². The predicted octanol–water partition coefficient (Wildman–Crippen LogP) is 2.39. The lowest BCUT2D eigenvalue weighted by atomic mass is 10.2. The molecule has 0 saturated heterocycles. The summed E-state index contributed by atoms with van der Waals surface area (Å²) in [5.41, 5.74) is 5.96. The van der Waals surface area contributed by atoms with E-state index in [1.165, 1.54) is 6.07 Å². The first kappa shape index (κ1) is 9.49. The third-order valence-corrected chi connectivity index (χ3v) is 2.47. The summed E-state index contributed by atoms with van der Waals surface area (Å²) >= 11 is 5.96. The standard InChI is InChI=1S/C10H10ClFN2/c11-8-6-14(5-4-13)10-7(8)2-1-3-9(10)12/h1-3,6H,4-5,13H2. The van der Waals surface area contributed by atoms with E-state index in [-0.39, 0.29) is 5.82 Å². The molecule has 1 heterocycles. The van der Waals surface area contributed by atoms with Gasteiger partial charge in [-0.15, -0.1) is 0 Å². The Balaban J connectivity index is 2.72. The van der Waals surface area contributed by atoms with E-state index >= 15 is 0 Å². The van der Waals surface area contributed by atoms with Crippen LogP contribution in [0.4, 0.5) is 4.39 Å². The summed E-state index contributed by atoms with van der Waals surface area (Å²) in [4.78, 5) is 0. The number of hydrogen-bond acceptors (Lipinski definition) is 1. The van der Waals surface area contributed by atoms with Gasteiger partial charge in [0, 0.05) is 24.7 Å². The lowest BCUT2D eigenvalue weighted by Crippen LogP contribution is -2.09. The molecule has 14 heavy (non-hydrogen) atoms. The van der Waals surface area contributed by atoms with Gasteiger partial charge in [-0.25, -0.2) is 4.39 Å². The number of fused-ring (bicyclic) bond motifs is 1. The highest BCUT2D eigenvalue weighted by Crippen LogP contribution is 2.27. The van der Waals surface area contributed by atoms with Crippen molar-refractivity contribution in [3.8, 4) is 0 Å². The van der Waals surface area contributed by atoms with Crippen molar-refractivity contribution in [1.82, 2.24) is 4.57 Å². The zero-order valence-corrected chi connectivity index (χ0v) is 8.26. The van der Waals surface area contributed by atoms with Gasteiger partial charge < -0.3 is 10.3 Å². The lowest BCUT2D eigenvalue weighted by molar-refractivity contribution is 0.622. The summed E-state index contributed by atoms with van der Waals surface area (Å²) in [5, 5.41) is 1.30. The third kappa shape index (κ3) is 1.38. The summed E-state index contributed by atoms with van der Waals surface area (Å²) in [6, 6.07) is 4.87. The van der Waals surface area contributed by atoms with Gasteiger partial charge in [-0.05, 0) is 6.07 Å². The molecule has 2 N–H and O–H groups in total. The van der Waals surface area contributed by atoms with Crippen LogP contribution in [-0.2, 0) is 6.54 Å². The maximum Gasteiger partial charge on any atom is 0.147 e. The van der Waals surface area contributed by atoms with Crippen molar-refractivity contribution in [2.45, 2.75) is 6.54 Å². The molecule has 1 aromatic carbocycles. The van der Waals surface area contributed by atoms with Gasteiger partial charge in [-0.2, -0.15) is 0 Å². The van der Waals surface area contributed by atoms with Crippen molar-refractivity contribution in [3.63, 3.8) is 0 Å². The molecule has 2 nitrogen and oxygen atoms in total. The van der Waals surface area contributed by atoms with Crippen LogP contribution in [-0.4, -0.2) is 11.1 Å². The van der Waals surface area contributed by atoms with Crippen LogP contribution >= 0.6 is 11.6 Å². The molecule has 0 aliphatic heterocycles. The van der Waals surface area contributed by atoms with Crippen LogP contribution in [0.25, 0.3) is 10.9 Å². The summed E-state index contributed by atoms with van der Waals surface area (Å²) in [7, 11) is 0. The zero-order chi connectivity index (χ0) is 10.1. The maximum absolute atomic E-state index is 13.5. The number of rotatable bonds is 2. The highest BCUT2D eigenvalue weighted by Gasteiger charge is 2.09. The maximum atomic E-state index is 13.5. The lowest BCUT2D eigenvalue weighted by Gasteiger charge is -2.02. The van der Waals surface area contributed by atoms with Crippen LogP contribution in [0, 0.1) is 5.82 Å². The average molecular weight is 213 g/mol. The highest BCUT2D eigenvalue weighted by atomic mass is 35.5. The molecule has 0 bridgehead atoms. The van der Waals surface area contributed by atoms with Crippen molar-refractivity contribution in [3.05, 3.63) is 35.2 Å². The Kier molecular flexibility index (Phi) is 2.44. The first-order valence-electron chi connectivity index (χ1n) is 4.37. The van der Waals surface area contributed by atoms with Gasteiger partial charge in [0.1, 0.15) is 5.82 Å². The number of benzene rings is 1. The molecule has 0 aliphatic rings. The third-order valence-electron chi connectivity index (χ3n) is 2.17. The second-order valence-electron chi connectivity index (χ2n) is 3.10. The Bertz CT molecular complexity index is 464. The first-order valence-corrected chi connectivity index (χ1v) is 4.74. The van der Waals surface area contributed by atoms with Gasteiger partial charge in [-0.3, -0.25) is 0 Å². The van der Waals surface area contributed by atoms with E-state index in [0.717, 1.165) is 5.39 Å². The largest absolute Gasteiger partial charge is 0.342 e. The molecule has 2 aromatic rings. The van der Waals surface area contributed by atoms with Gasteiger partial charge >= 0.3 is 0 Å². The minimum atomic E-state index is -0.261. The number of nitrogens with two attached hydrogens (primary N) is 1. The molecule has 0 saturated carbocycles. The fourth-order valence-electron chi connectivity index (χ4n) is 1.59. The van der Waals surface area contributed by atoms with Gasteiger partial charge in [0.25, 0.3) is 0 Å². The molecule has 74 valence electrons. The van der Waals surface area contributed by atoms with Crippen LogP contribution in [0.3, 0.4) is 0 Å². The smallest absolute Gasteiger partial charge is 0.147 e. The number of halogens is 2. The Hall–Kier alpha value is -1.06. The number of para-hydroxylation sites is 1. The van der Waals surface area contributed by atoms with E-state index < -0.39 is 0 Å². The minimum absolute atomic E-state index is 0.261. The SMILES string of the molecule is NCCn1cc(Cl)c2cccc(F)c21. The Morgan fingerprint density at radius 2 is 2.21 bits per heavy atom. The molecule has 2 rings (SSSR count). The van der Waals surface area contributed by atoms with Gasteiger partial charge in [0.2, 0.25) is 0 Å².